The number of anilines is 1. The van der Waals surface area contributed by atoms with Crippen LogP contribution in [0.1, 0.15) is 12.8 Å². The first-order chi connectivity index (χ1) is 14.6. The highest BCUT2D eigenvalue weighted by Crippen LogP contribution is 2.29. The van der Waals surface area contributed by atoms with Crippen molar-refractivity contribution in [3.8, 4) is 11.1 Å². The zero-order valence-corrected chi connectivity index (χ0v) is 17.4. The first-order valence-electron chi connectivity index (χ1n) is 10.1. The maximum Gasteiger partial charge on any atom is 0.243 e. The van der Waals surface area contributed by atoms with E-state index in [0.29, 0.717) is 19.4 Å². The Kier molecular flexibility index (Phi) is 5.97. The minimum atomic E-state index is -3.60. The average Bonchev–Trinajstić information content (AvgIpc) is 2.80. The molecule has 1 aliphatic heterocycles. The SMILES string of the molecule is O=C(Nc1ccccc1-c1ccccc1)[C@H]1CCCN(S(=O)(=O)c2ccccc2)C1. The number of sulfonamides is 1. The monoisotopic (exact) mass is 420 g/mol. The predicted molar refractivity (Wildman–Crippen MR) is 118 cm³/mol. The largest absolute Gasteiger partial charge is 0.325 e. The van der Waals surface area contributed by atoms with Gasteiger partial charge in [-0.15, -0.1) is 0 Å². The molecule has 0 aliphatic carbocycles. The summed E-state index contributed by atoms with van der Waals surface area (Å²) in [7, 11) is -3.60. The van der Waals surface area contributed by atoms with Crippen LogP contribution in [0.15, 0.2) is 89.8 Å². The highest BCUT2D eigenvalue weighted by molar-refractivity contribution is 7.89. The number of piperidine rings is 1. The summed E-state index contributed by atoms with van der Waals surface area (Å²) in [5, 5.41) is 3.03. The molecule has 0 unspecified atom stereocenters. The van der Waals surface area contributed by atoms with Crippen molar-refractivity contribution in [1.82, 2.24) is 4.31 Å². The van der Waals surface area contributed by atoms with E-state index in [0.717, 1.165) is 16.8 Å². The molecule has 1 heterocycles. The molecule has 5 nitrogen and oxygen atoms in total. The van der Waals surface area contributed by atoms with Crippen molar-refractivity contribution in [2.75, 3.05) is 18.4 Å². The average molecular weight is 421 g/mol. The van der Waals surface area contributed by atoms with Crippen LogP contribution in [0.3, 0.4) is 0 Å². The number of carbonyl (C=O) groups excluding carboxylic acids is 1. The van der Waals surface area contributed by atoms with E-state index < -0.39 is 10.0 Å². The Morgan fingerprint density at radius 1 is 0.867 bits per heavy atom. The molecule has 154 valence electrons. The van der Waals surface area contributed by atoms with Crippen LogP contribution in [0.25, 0.3) is 11.1 Å². The lowest BCUT2D eigenvalue weighted by molar-refractivity contribution is -0.120. The van der Waals surface area contributed by atoms with Crippen LogP contribution in [0, 0.1) is 5.92 Å². The topological polar surface area (TPSA) is 66.5 Å². The number of benzene rings is 3. The molecule has 0 spiro atoms. The van der Waals surface area contributed by atoms with Crippen molar-refractivity contribution in [3.05, 3.63) is 84.9 Å². The van der Waals surface area contributed by atoms with Gasteiger partial charge in [-0.25, -0.2) is 8.42 Å². The lowest BCUT2D eigenvalue weighted by Crippen LogP contribution is -2.43. The molecule has 1 atom stereocenters. The molecule has 6 heteroatoms. The minimum Gasteiger partial charge on any atom is -0.325 e. The highest BCUT2D eigenvalue weighted by Gasteiger charge is 2.33. The highest BCUT2D eigenvalue weighted by atomic mass is 32.2. The maximum atomic E-state index is 13.0. The molecule has 3 aromatic rings. The second-order valence-corrected chi connectivity index (χ2v) is 9.35. The lowest BCUT2D eigenvalue weighted by atomic mass is 9.98. The fourth-order valence-corrected chi connectivity index (χ4v) is 5.36. The van der Waals surface area contributed by atoms with E-state index >= 15 is 0 Å². The van der Waals surface area contributed by atoms with Crippen molar-refractivity contribution in [1.29, 1.82) is 0 Å². The van der Waals surface area contributed by atoms with Crippen LogP contribution in [-0.2, 0) is 14.8 Å². The molecule has 0 aromatic heterocycles. The second-order valence-electron chi connectivity index (χ2n) is 7.42. The third kappa shape index (κ3) is 4.30. The smallest absolute Gasteiger partial charge is 0.243 e. The quantitative estimate of drug-likeness (QED) is 0.666. The van der Waals surface area contributed by atoms with Gasteiger partial charge in [0, 0.05) is 24.3 Å². The van der Waals surface area contributed by atoms with Gasteiger partial charge in [0.1, 0.15) is 0 Å². The summed E-state index contributed by atoms with van der Waals surface area (Å²) in [5.41, 5.74) is 2.69. The van der Waals surface area contributed by atoms with E-state index in [-0.39, 0.29) is 23.3 Å². The van der Waals surface area contributed by atoms with Gasteiger partial charge >= 0.3 is 0 Å². The number of nitrogens with zero attached hydrogens (tertiary/aromatic N) is 1. The van der Waals surface area contributed by atoms with Crippen LogP contribution in [-0.4, -0.2) is 31.7 Å². The molecule has 0 radical (unpaired) electrons. The molecule has 0 saturated carbocycles. The number of amides is 1. The Hall–Kier alpha value is -2.96. The van der Waals surface area contributed by atoms with Crippen molar-refractivity contribution in [2.45, 2.75) is 17.7 Å². The fourth-order valence-electron chi connectivity index (χ4n) is 3.81. The van der Waals surface area contributed by atoms with Crippen molar-refractivity contribution in [3.63, 3.8) is 0 Å². The van der Waals surface area contributed by atoms with Gasteiger partial charge in [-0.1, -0.05) is 66.7 Å². The minimum absolute atomic E-state index is 0.147. The van der Waals surface area contributed by atoms with Gasteiger partial charge < -0.3 is 5.32 Å². The van der Waals surface area contributed by atoms with Crippen LogP contribution < -0.4 is 5.32 Å². The normalized spacial score (nSPS) is 17.4. The van der Waals surface area contributed by atoms with E-state index in [2.05, 4.69) is 5.32 Å². The van der Waals surface area contributed by atoms with E-state index in [1.54, 1.807) is 30.3 Å². The third-order valence-electron chi connectivity index (χ3n) is 5.41. The van der Waals surface area contributed by atoms with E-state index in [4.69, 9.17) is 0 Å². The van der Waals surface area contributed by atoms with Gasteiger partial charge in [-0.05, 0) is 36.6 Å². The molecule has 4 rings (SSSR count). The van der Waals surface area contributed by atoms with Crippen molar-refractivity contribution < 1.29 is 13.2 Å². The van der Waals surface area contributed by atoms with Gasteiger partial charge in [0.05, 0.1) is 10.8 Å². The number of nitrogens with one attached hydrogen (secondary N) is 1. The number of hydrogen-bond acceptors (Lipinski definition) is 3. The summed E-state index contributed by atoms with van der Waals surface area (Å²) in [6.45, 7) is 0.623. The summed E-state index contributed by atoms with van der Waals surface area (Å²) in [6, 6.07) is 25.9. The summed E-state index contributed by atoms with van der Waals surface area (Å²) in [6.07, 6.45) is 1.32. The van der Waals surface area contributed by atoms with Gasteiger partial charge in [0.2, 0.25) is 15.9 Å². The molecule has 1 fully saturated rings. The van der Waals surface area contributed by atoms with Gasteiger partial charge in [0.25, 0.3) is 0 Å². The Bertz CT molecular complexity index is 1120. The Morgan fingerprint density at radius 3 is 2.23 bits per heavy atom. The van der Waals surface area contributed by atoms with E-state index in [1.807, 2.05) is 54.6 Å². The molecule has 30 heavy (non-hydrogen) atoms. The molecule has 1 saturated heterocycles. The second kappa shape index (κ2) is 8.81. The molecular weight excluding hydrogens is 396 g/mol. The standard InChI is InChI=1S/C24H24N2O3S/c27-24(25-23-16-8-7-15-22(23)19-10-3-1-4-11-19)20-12-9-17-26(18-20)30(28,29)21-13-5-2-6-14-21/h1-8,10-11,13-16,20H,9,12,17-18H2,(H,25,27)/t20-/m0/s1. The fraction of sp³-hybridized carbons (Fsp3) is 0.208. The molecule has 1 N–H and O–H groups in total. The van der Waals surface area contributed by atoms with E-state index in [9.17, 15) is 13.2 Å². The third-order valence-corrected chi connectivity index (χ3v) is 7.28. The number of rotatable bonds is 5. The number of para-hydroxylation sites is 1. The maximum absolute atomic E-state index is 13.0. The zero-order valence-electron chi connectivity index (χ0n) is 16.6. The summed E-state index contributed by atoms with van der Waals surface area (Å²) < 4.78 is 27.3. The van der Waals surface area contributed by atoms with Gasteiger partial charge in [-0.3, -0.25) is 4.79 Å². The van der Waals surface area contributed by atoms with Crippen molar-refractivity contribution >= 4 is 21.6 Å². The Balaban J connectivity index is 1.51. The van der Waals surface area contributed by atoms with Crippen LogP contribution in [0.4, 0.5) is 5.69 Å². The predicted octanol–water partition coefficient (Wildman–Crippen LogP) is 4.39. The first kappa shape index (κ1) is 20.3. The molecule has 1 aliphatic rings. The molecule has 3 aromatic carbocycles. The zero-order chi connectivity index (χ0) is 21.0. The summed E-state index contributed by atoms with van der Waals surface area (Å²) >= 11 is 0. The van der Waals surface area contributed by atoms with Gasteiger partial charge in [-0.2, -0.15) is 4.31 Å². The van der Waals surface area contributed by atoms with Crippen LogP contribution >= 0.6 is 0 Å². The molecule has 1 amide bonds. The summed E-state index contributed by atoms with van der Waals surface area (Å²) in [4.78, 5) is 13.3. The van der Waals surface area contributed by atoms with Crippen LogP contribution in [0.2, 0.25) is 0 Å². The Morgan fingerprint density at radius 2 is 1.50 bits per heavy atom. The molecular formula is C24H24N2O3S. The number of carbonyl (C=O) groups is 1. The van der Waals surface area contributed by atoms with Gasteiger partial charge in [0.15, 0.2) is 0 Å². The summed E-state index contributed by atoms with van der Waals surface area (Å²) in [5.74, 6) is -0.535. The number of hydrogen-bond donors (Lipinski definition) is 1. The van der Waals surface area contributed by atoms with E-state index in [1.165, 1.54) is 4.31 Å². The first-order valence-corrected chi connectivity index (χ1v) is 11.5. The Labute approximate surface area is 177 Å². The molecule has 0 bridgehead atoms. The lowest BCUT2D eigenvalue weighted by Gasteiger charge is -2.31. The van der Waals surface area contributed by atoms with Crippen molar-refractivity contribution in [2.24, 2.45) is 5.92 Å². The van der Waals surface area contributed by atoms with Crippen LogP contribution in [0.5, 0.6) is 0 Å².